The van der Waals surface area contributed by atoms with Gasteiger partial charge in [0, 0.05) is 44.0 Å². The minimum Gasteiger partial charge on any atom is -0.474 e. The van der Waals surface area contributed by atoms with Crippen LogP contribution in [-0.2, 0) is 6.54 Å². The second-order valence-corrected chi connectivity index (χ2v) is 8.27. The molecule has 1 aromatic rings. The van der Waals surface area contributed by atoms with Gasteiger partial charge >= 0.3 is 0 Å². The molecule has 1 saturated carbocycles. The van der Waals surface area contributed by atoms with Crippen LogP contribution < -0.4 is 15.4 Å². The molecule has 28 heavy (non-hydrogen) atoms. The van der Waals surface area contributed by atoms with Crippen LogP contribution in [0.5, 0.6) is 5.88 Å². The molecule has 2 N–H and O–H groups in total. The van der Waals surface area contributed by atoms with Gasteiger partial charge in [-0.2, -0.15) is 0 Å². The third-order valence-corrected chi connectivity index (χ3v) is 5.75. The first-order valence-electron chi connectivity index (χ1n) is 11.0. The lowest BCUT2D eigenvalue weighted by molar-refractivity contribution is 0.167. The first-order chi connectivity index (χ1) is 13.6. The number of hydrogen-bond donors (Lipinski definition) is 2. The van der Waals surface area contributed by atoms with Crippen LogP contribution in [0, 0.1) is 0 Å². The summed E-state index contributed by atoms with van der Waals surface area (Å²) < 4.78 is 6.03. The number of hydrogen-bond acceptors (Lipinski definition) is 4. The number of pyridine rings is 1. The largest absolute Gasteiger partial charge is 0.474 e. The maximum atomic E-state index is 6.03. The molecule has 1 aliphatic heterocycles. The number of nitrogens with zero attached hydrogens (tertiary/aromatic N) is 3. The Balaban J connectivity index is 1.54. The quantitative estimate of drug-likeness (QED) is 0.555. The highest BCUT2D eigenvalue weighted by Gasteiger charge is 2.21. The van der Waals surface area contributed by atoms with E-state index >= 15 is 0 Å². The zero-order valence-electron chi connectivity index (χ0n) is 17.8. The average Bonchev–Trinajstić information content (AvgIpc) is 3.20. The van der Waals surface area contributed by atoms with Crippen molar-refractivity contribution in [3.63, 3.8) is 0 Å². The zero-order chi connectivity index (χ0) is 19.8. The number of piperidine rings is 1. The van der Waals surface area contributed by atoms with Crippen LogP contribution in [0.25, 0.3) is 0 Å². The summed E-state index contributed by atoms with van der Waals surface area (Å²) in [7, 11) is 0. The minimum absolute atomic E-state index is 0.335. The van der Waals surface area contributed by atoms with Crippen LogP contribution >= 0.6 is 0 Å². The van der Waals surface area contributed by atoms with E-state index in [0.717, 1.165) is 62.7 Å². The van der Waals surface area contributed by atoms with Gasteiger partial charge in [0.15, 0.2) is 5.96 Å². The topological polar surface area (TPSA) is 61.8 Å². The lowest BCUT2D eigenvalue weighted by Crippen LogP contribution is -2.49. The van der Waals surface area contributed by atoms with Crippen LogP contribution in [0.1, 0.15) is 64.9 Å². The van der Waals surface area contributed by atoms with Crippen LogP contribution in [0.15, 0.2) is 23.3 Å². The van der Waals surface area contributed by atoms with Crippen molar-refractivity contribution < 1.29 is 4.74 Å². The molecule has 0 atom stereocenters. The van der Waals surface area contributed by atoms with Gasteiger partial charge in [0.05, 0.1) is 6.54 Å². The molecular weight excluding hydrogens is 350 g/mol. The van der Waals surface area contributed by atoms with Crippen molar-refractivity contribution in [1.82, 2.24) is 20.5 Å². The fourth-order valence-electron chi connectivity index (χ4n) is 4.03. The molecule has 6 heteroatoms. The number of aliphatic imine (C=N–C) groups is 1. The zero-order valence-corrected chi connectivity index (χ0v) is 17.8. The van der Waals surface area contributed by atoms with E-state index in [1.165, 1.54) is 12.8 Å². The monoisotopic (exact) mass is 387 g/mol. The average molecular weight is 388 g/mol. The summed E-state index contributed by atoms with van der Waals surface area (Å²) in [4.78, 5) is 11.7. The Bertz CT molecular complexity index is 619. The van der Waals surface area contributed by atoms with Gasteiger partial charge in [-0.05, 0) is 70.9 Å². The van der Waals surface area contributed by atoms with Gasteiger partial charge in [-0.1, -0.05) is 0 Å². The molecule has 1 aromatic heterocycles. The van der Waals surface area contributed by atoms with Crippen LogP contribution in [-0.4, -0.2) is 53.7 Å². The maximum Gasteiger partial charge on any atom is 0.213 e. The van der Waals surface area contributed by atoms with Crippen molar-refractivity contribution in [2.45, 2.75) is 84.0 Å². The summed E-state index contributed by atoms with van der Waals surface area (Å²) in [6.45, 7) is 10.5. The fourth-order valence-corrected chi connectivity index (χ4v) is 4.03. The third kappa shape index (κ3) is 6.36. The Labute approximate surface area is 170 Å². The molecule has 0 amide bonds. The van der Waals surface area contributed by atoms with E-state index in [9.17, 15) is 0 Å². The fraction of sp³-hybridized carbons (Fsp3) is 0.727. The SMILES string of the molecule is CCNC(=NCc1ccnc(OC2CCCC2)c1)NC1CCN(C(C)C)CC1. The van der Waals surface area contributed by atoms with E-state index in [1.54, 1.807) is 0 Å². The lowest BCUT2D eigenvalue weighted by atomic mass is 10.0. The highest BCUT2D eigenvalue weighted by atomic mass is 16.5. The van der Waals surface area contributed by atoms with E-state index in [-0.39, 0.29) is 0 Å². The summed E-state index contributed by atoms with van der Waals surface area (Å²) >= 11 is 0. The number of rotatable bonds is 7. The van der Waals surface area contributed by atoms with Gasteiger partial charge in [0.1, 0.15) is 6.10 Å². The molecule has 0 unspecified atom stereocenters. The molecule has 1 aliphatic carbocycles. The van der Waals surface area contributed by atoms with Gasteiger partial charge in [0.25, 0.3) is 0 Å². The molecule has 2 aliphatic rings. The van der Waals surface area contributed by atoms with Gasteiger partial charge in [-0.25, -0.2) is 9.98 Å². The molecule has 0 aromatic carbocycles. The van der Waals surface area contributed by atoms with E-state index in [2.05, 4.69) is 41.3 Å². The normalized spacial score (nSPS) is 19.9. The summed E-state index contributed by atoms with van der Waals surface area (Å²) in [5.41, 5.74) is 1.13. The molecule has 0 radical (unpaired) electrons. The summed E-state index contributed by atoms with van der Waals surface area (Å²) in [6, 6.07) is 5.18. The molecule has 0 bridgehead atoms. The Morgan fingerprint density at radius 1 is 1.25 bits per heavy atom. The van der Waals surface area contributed by atoms with Crippen molar-refractivity contribution in [3.05, 3.63) is 23.9 Å². The van der Waals surface area contributed by atoms with Gasteiger partial charge in [-0.3, -0.25) is 0 Å². The van der Waals surface area contributed by atoms with Crippen LogP contribution in [0.4, 0.5) is 0 Å². The molecule has 3 rings (SSSR count). The van der Waals surface area contributed by atoms with E-state index in [0.29, 0.717) is 24.7 Å². The molecule has 2 fully saturated rings. The third-order valence-electron chi connectivity index (χ3n) is 5.75. The van der Waals surface area contributed by atoms with Crippen molar-refractivity contribution in [2.24, 2.45) is 4.99 Å². The summed E-state index contributed by atoms with van der Waals surface area (Å²) in [6.07, 6.45) is 9.32. The number of likely N-dealkylation sites (tertiary alicyclic amines) is 1. The smallest absolute Gasteiger partial charge is 0.213 e. The Kier molecular flexibility index (Phi) is 7.95. The predicted molar refractivity (Wildman–Crippen MR) is 115 cm³/mol. The molecule has 1 saturated heterocycles. The predicted octanol–water partition coefficient (Wildman–Crippen LogP) is 3.33. The van der Waals surface area contributed by atoms with Gasteiger partial charge in [-0.15, -0.1) is 0 Å². The number of ether oxygens (including phenoxy) is 1. The Hall–Kier alpha value is -1.82. The van der Waals surface area contributed by atoms with E-state index in [1.807, 2.05) is 18.3 Å². The first-order valence-corrected chi connectivity index (χ1v) is 11.0. The highest BCUT2D eigenvalue weighted by Crippen LogP contribution is 2.23. The minimum atomic E-state index is 0.335. The molecule has 2 heterocycles. The number of guanidine groups is 1. The maximum absolute atomic E-state index is 6.03. The first kappa shape index (κ1) is 20.9. The second kappa shape index (κ2) is 10.6. The lowest BCUT2D eigenvalue weighted by Gasteiger charge is -2.35. The van der Waals surface area contributed by atoms with Crippen molar-refractivity contribution in [1.29, 1.82) is 0 Å². The molecule has 6 nitrogen and oxygen atoms in total. The number of aromatic nitrogens is 1. The van der Waals surface area contributed by atoms with E-state index < -0.39 is 0 Å². The van der Waals surface area contributed by atoms with Crippen LogP contribution in [0.2, 0.25) is 0 Å². The van der Waals surface area contributed by atoms with Crippen molar-refractivity contribution >= 4 is 5.96 Å². The molecule has 0 spiro atoms. The van der Waals surface area contributed by atoms with Gasteiger partial charge in [0.2, 0.25) is 5.88 Å². The Morgan fingerprint density at radius 2 is 2.00 bits per heavy atom. The summed E-state index contributed by atoms with van der Waals surface area (Å²) in [5.74, 6) is 1.64. The van der Waals surface area contributed by atoms with Crippen molar-refractivity contribution in [2.75, 3.05) is 19.6 Å². The molecular formula is C22H37N5O. The highest BCUT2D eigenvalue weighted by molar-refractivity contribution is 5.80. The van der Waals surface area contributed by atoms with Crippen LogP contribution in [0.3, 0.4) is 0 Å². The Morgan fingerprint density at radius 3 is 2.68 bits per heavy atom. The number of nitrogens with one attached hydrogen (secondary N) is 2. The standard InChI is InChI=1S/C22H37N5O/c1-4-23-22(26-19-10-13-27(14-11-19)17(2)3)25-16-18-9-12-24-21(15-18)28-20-7-5-6-8-20/h9,12,15,17,19-20H,4-8,10-11,13-14,16H2,1-3H3,(H2,23,25,26). The van der Waals surface area contributed by atoms with E-state index in [4.69, 9.17) is 9.73 Å². The van der Waals surface area contributed by atoms with Gasteiger partial charge < -0.3 is 20.3 Å². The second-order valence-electron chi connectivity index (χ2n) is 8.27. The van der Waals surface area contributed by atoms with Crippen molar-refractivity contribution in [3.8, 4) is 5.88 Å². The summed E-state index contributed by atoms with van der Waals surface area (Å²) in [5, 5.41) is 7.01. The molecule has 156 valence electrons.